The van der Waals surface area contributed by atoms with Gasteiger partial charge in [-0.2, -0.15) is 0 Å². The molecule has 0 fully saturated rings. The Kier molecular flexibility index (Phi) is 5.78. The average Bonchev–Trinajstić information content (AvgIpc) is 2.29. The van der Waals surface area contributed by atoms with Gasteiger partial charge in [-0.15, -0.1) is 0 Å². The quantitative estimate of drug-likeness (QED) is 0.656. The first-order chi connectivity index (χ1) is 8.52. The fourth-order valence-corrected chi connectivity index (χ4v) is 1.87. The Morgan fingerprint density at radius 2 is 2.00 bits per heavy atom. The Morgan fingerprint density at radius 1 is 1.39 bits per heavy atom. The summed E-state index contributed by atoms with van der Waals surface area (Å²) in [6, 6.07) is 7.94. The van der Waals surface area contributed by atoms with Crippen molar-refractivity contribution in [1.82, 2.24) is 5.32 Å². The molecule has 0 amide bonds. The highest BCUT2D eigenvalue weighted by Gasteiger charge is 2.11. The number of aryl methyl sites for hydroxylation is 1. The van der Waals surface area contributed by atoms with Crippen LogP contribution in [-0.2, 0) is 9.53 Å². The molecule has 18 heavy (non-hydrogen) atoms. The Bertz CT molecular complexity index is 414. The molecule has 0 aliphatic rings. The smallest absolute Gasteiger partial charge is 0.307 e. The largest absolute Gasteiger partial charge is 0.466 e. The third-order valence-electron chi connectivity index (χ3n) is 2.47. The third kappa shape index (κ3) is 4.84. The van der Waals surface area contributed by atoms with Gasteiger partial charge in [0.25, 0.3) is 0 Å². The molecular formula is C14H19NO2S. The van der Waals surface area contributed by atoms with E-state index in [4.69, 9.17) is 17.0 Å². The minimum absolute atomic E-state index is 0.0298. The first kappa shape index (κ1) is 14.6. The van der Waals surface area contributed by atoms with Gasteiger partial charge in [-0.3, -0.25) is 4.79 Å². The van der Waals surface area contributed by atoms with Crippen LogP contribution in [0.15, 0.2) is 24.3 Å². The molecular weight excluding hydrogens is 246 g/mol. The predicted octanol–water partition coefficient (Wildman–Crippen LogP) is 2.60. The summed E-state index contributed by atoms with van der Waals surface area (Å²) < 4.78 is 4.89. The molecule has 0 heterocycles. The van der Waals surface area contributed by atoms with Gasteiger partial charge in [0.2, 0.25) is 0 Å². The van der Waals surface area contributed by atoms with Crippen LogP contribution in [0.5, 0.6) is 0 Å². The van der Waals surface area contributed by atoms with Crippen LogP contribution in [0, 0.1) is 6.92 Å². The van der Waals surface area contributed by atoms with Crippen LogP contribution >= 0.6 is 12.2 Å². The minimum atomic E-state index is -0.204. The second-order valence-corrected chi connectivity index (χ2v) is 4.66. The number of rotatable bonds is 5. The molecule has 0 aromatic heterocycles. The van der Waals surface area contributed by atoms with Crippen molar-refractivity contribution in [3.8, 4) is 0 Å². The van der Waals surface area contributed by atoms with Crippen molar-refractivity contribution in [2.45, 2.75) is 33.2 Å². The van der Waals surface area contributed by atoms with Crippen molar-refractivity contribution >= 4 is 23.2 Å². The second-order valence-electron chi connectivity index (χ2n) is 4.25. The van der Waals surface area contributed by atoms with E-state index in [1.165, 1.54) is 5.56 Å². The molecule has 1 aromatic carbocycles. The van der Waals surface area contributed by atoms with Crippen LogP contribution in [0.2, 0.25) is 0 Å². The van der Waals surface area contributed by atoms with Crippen LogP contribution in [0.4, 0.5) is 0 Å². The maximum Gasteiger partial charge on any atom is 0.307 e. The number of esters is 1. The first-order valence-corrected chi connectivity index (χ1v) is 6.47. The SMILES string of the molecule is CCOC(=O)CC(C)NC(=S)c1ccc(C)cc1. The number of carbonyl (C=O) groups excluding carboxylic acids is 1. The lowest BCUT2D eigenvalue weighted by Crippen LogP contribution is -2.33. The lowest BCUT2D eigenvalue weighted by molar-refractivity contribution is -0.143. The van der Waals surface area contributed by atoms with Gasteiger partial charge in [0, 0.05) is 11.6 Å². The number of hydrogen-bond acceptors (Lipinski definition) is 3. The highest BCUT2D eigenvalue weighted by atomic mass is 32.1. The predicted molar refractivity (Wildman–Crippen MR) is 76.7 cm³/mol. The number of nitrogens with one attached hydrogen (secondary N) is 1. The zero-order valence-corrected chi connectivity index (χ0v) is 11.8. The average molecular weight is 265 g/mol. The van der Waals surface area contributed by atoms with E-state index in [9.17, 15) is 4.79 Å². The van der Waals surface area contributed by atoms with Crippen molar-refractivity contribution in [2.24, 2.45) is 0 Å². The van der Waals surface area contributed by atoms with E-state index in [0.29, 0.717) is 18.0 Å². The first-order valence-electron chi connectivity index (χ1n) is 6.06. The summed E-state index contributed by atoms with van der Waals surface area (Å²) in [6.07, 6.45) is 0.319. The summed E-state index contributed by atoms with van der Waals surface area (Å²) >= 11 is 5.29. The number of hydrogen-bond donors (Lipinski definition) is 1. The van der Waals surface area contributed by atoms with E-state index in [1.807, 2.05) is 38.1 Å². The zero-order valence-electron chi connectivity index (χ0n) is 11.0. The third-order valence-corrected chi connectivity index (χ3v) is 2.82. The van der Waals surface area contributed by atoms with Crippen molar-refractivity contribution in [2.75, 3.05) is 6.61 Å². The maximum atomic E-state index is 11.3. The van der Waals surface area contributed by atoms with Crippen LogP contribution in [0.1, 0.15) is 31.4 Å². The van der Waals surface area contributed by atoms with E-state index in [-0.39, 0.29) is 12.0 Å². The molecule has 0 aliphatic carbocycles. The highest BCUT2D eigenvalue weighted by Crippen LogP contribution is 2.05. The molecule has 98 valence electrons. The van der Waals surface area contributed by atoms with E-state index in [2.05, 4.69) is 5.32 Å². The monoisotopic (exact) mass is 265 g/mol. The summed E-state index contributed by atoms with van der Waals surface area (Å²) in [5.74, 6) is -0.204. The summed E-state index contributed by atoms with van der Waals surface area (Å²) in [4.78, 5) is 12.0. The van der Waals surface area contributed by atoms with Crippen molar-refractivity contribution in [1.29, 1.82) is 0 Å². The van der Waals surface area contributed by atoms with Gasteiger partial charge in [-0.05, 0) is 20.8 Å². The van der Waals surface area contributed by atoms with E-state index in [0.717, 1.165) is 5.56 Å². The maximum absolute atomic E-state index is 11.3. The summed E-state index contributed by atoms with van der Waals surface area (Å²) in [7, 11) is 0. The molecule has 1 aromatic rings. The Balaban J connectivity index is 2.49. The topological polar surface area (TPSA) is 38.3 Å². The van der Waals surface area contributed by atoms with Gasteiger partial charge in [0.05, 0.1) is 13.0 Å². The standard InChI is InChI=1S/C14H19NO2S/c1-4-17-13(16)9-11(3)15-14(18)12-7-5-10(2)6-8-12/h5-8,11H,4,9H2,1-3H3,(H,15,18). The molecule has 0 saturated carbocycles. The molecule has 0 saturated heterocycles. The second kappa shape index (κ2) is 7.11. The fourth-order valence-electron chi connectivity index (χ4n) is 1.53. The summed E-state index contributed by atoms with van der Waals surface area (Å²) in [6.45, 7) is 6.15. The normalized spacial score (nSPS) is 11.7. The van der Waals surface area contributed by atoms with Crippen molar-refractivity contribution in [3.05, 3.63) is 35.4 Å². The van der Waals surface area contributed by atoms with Gasteiger partial charge in [0.1, 0.15) is 4.99 Å². The van der Waals surface area contributed by atoms with Gasteiger partial charge in [-0.25, -0.2) is 0 Å². The van der Waals surface area contributed by atoms with Crippen LogP contribution in [0.3, 0.4) is 0 Å². The Hall–Kier alpha value is -1.42. The van der Waals surface area contributed by atoms with E-state index in [1.54, 1.807) is 6.92 Å². The lowest BCUT2D eigenvalue weighted by Gasteiger charge is -2.15. The lowest BCUT2D eigenvalue weighted by atomic mass is 10.1. The summed E-state index contributed by atoms with van der Waals surface area (Å²) in [5, 5.41) is 3.14. The number of ether oxygens (including phenoxy) is 1. The molecule has 1 atom stereocenters. The molecule has 1 N–H and O–H groups in total. The molecule has 4 heteroatoms. The Labute approximate surface area is 114 Å². The highest BCUT2D eigenvalue weighted by molar-refractivity contribution is 7.80. The van der Waals surface area contributed by atoms with Crippen LogP contribution in [0.25, 0.3) is 0 Å². The van der Waals surface area contributed by atoms with Crippen molar-refractivity contribution < 1.29 is 9.53 Å². The summed E-state index contributed by atoms with van der Waals surface area (Å²) in [5.41, 5.74) is 2.16. The zero-order chi connectivity index (χ0) is 13.5. The van der Waals surface area contributed by atoms with Gasteiger partial charge in [0.15, 0.2) is 0 Å². The van der Waals surface area contributed by atoms with Crippen molar-refractivity contribution in [3.63, 3.8) is 0 Å². The van der Waals surface area contributed by atoms with Crippen LogP contribution in [-0.4, -0.2) is 23.6 Å². The fraction of sp³-hybridized carbons (Fsp3) is 0.429. The molecule has 1 unspecified atom stereocenters. The molecule has 0 spiro atoms. The molecule has 3 nitrogen and oxygen atoms in total. The molecule has 0 bridgehead atoms. The van der Waals surface area contributed by atoms with Crippen LogP contribution < -0.4 is 5.32 Å². The molecule has 0 aliphatic heterocycles. The van der Waals surface area contributed by atoms with Gasteiger partial charge in [-0.1, -0.05) is 42.0 Å². The van der Waals surface area contributed by atoms with Gasteiger partial charge < -0.3 is 10.1 Å². The molecule has 1 rings (SSSR count). The molecule has 0 radical (unpaired) electrons. The number of thiocarbonyl (C=S) groups is 1. The number of benzene rings is 1. The van der Waals surface area contributed by atoms with Gasteiger partial charge >= 0.3 is 5.97 Å². The van der Waals surface area contributed by atoms with E-state index < -0.39 is 0 Å². The Morgan fingerprint density at radius 3 is 2.56 bits per heavy atom. The minimum Gasteiger partial charge on any atom is -0.466 e. The van der Waals surface area contributed by atoms with E-state index >= 15 is 0 Å². The number of carbonyl (C=O) groups is 1.